The van der Waals surface area contributed by atoms with Crippen molar-refractivity contribution in [2.45, 2.75) is 35.1 Å². The average molecular weight is 1220 g/mol. The number of nitro groups is 3. The monoisotopic (exact) mass is 1220 g/mol. The summed E-state index contributed by atoms with van der Waals surface area (Å²) >= 11 is 27.0. The molecule has 6 aromatic carbocycles. The fourth-order valence-electron chi connectivity index (χ4n) is 10.2. The molecule has 2 aliphatic rings. The van der Waals surface area contributed by atoms with Crippen LogP contribution in [0.25, 0.3) is 90.9 Å². The Morgan fingerprint density at radius 3 is 1.17 bits per heavy atom. The number of aromatic nitrogens is 4. The summed E-state index contributed by atoms with van der Waals surface area (Å²) in [5, 5.41) is 37.1. The number of aryl methyl sites for hydroxylation is 2. The van der Waals surface area contributed by atoms with Gasteiger partial charge in [-0.25, -0.2) is 26.8 Å². The van der Waals surface area contributed by atoms with Crippen molar-refractivity contribution in [3.63, 3.8) is 0 Å². The molecule has 5 heterocycles. The number of fused-ring (bicyclic) bond motifs is 8. The number of sulfone groups is 2. The van der Waals surface area contributed by atoms with Crippen molar-refractivity contribution >= 4 is 130 Å². The molecule has 3 aromatic heterocycles. The highest BCUT2D eigenvalue weighted by Crippen LogP contribution is 2.44. The van der Waals surface area contributed by atoms with Gasteiger partial charge < -0.3 is 9.97 Å². The van der Waals surface area contributed by atoms with Gasteiger partial charge in [0.15, 0.2) is 19.7 Å². The Kier molecular flexibility index (Phi) is 14.7. The molecule has 0 atom stereocenters. The molecular formula is C60H39Cl4N7O10S2. The van der Waals surface area contributed by atoms with Crippen LogP contribution in [-0.4, -0.2) is 51.5 Å². The molecular weight excluding hydrogens is 1180 g/mol. The van der Waals surface area contributed by atoms with E-state index in [0.29, 0.717) is 71.9 Å². The maximum atomic E-state index is 14.1. The number of nitrogens with zero attached hydrogens (tertiary/aromatic N) is 5. The molecule has 0 unspecified atom stereocenters. The molecule has 8 bridgehead atoms. The van der Waals surface area contributed by atoms with E-state index in [4.69, 9.17) is 56.4 Å². The van der Waals surface area contributed by atoms with Crippen LogP contribution in [-0.2, 0) is 31.2 Å². The smallest absolute Gasteiger partial charge is 0.292 e. The van der Waals surface area contributed by atoms with Crippen molar-refractivity contribution in [3.8, 4) is 44.5 Å². The van der Waals surface area contributed by atoms with Gasteiger partial charge in [0.25, 0.3) is 17.1 Å². The van der Waals surface area contributed by atoms with Crippen molar-refractivity contribution in [2.75, 3.05) is 0 Å². The predicted molar refractivity (Wildman–Crippen MR) is 325 cm³/mol. The Bertz CT molecular complexity index is 4630. The summed E-state index contributed by atoms with van der Waals surface area (Å²) in [5.74, 6) is -1.60. The summed E-state index contributed by atoms with van der Waals surface area (Å²) in [7, 11) is -8.40. The lowest BCUT2D eigenvalue weighted by atomic mass is 10.0. The zero-order valence-corrected chi connectivity index (χ0v) is 47.8. The summed E-state index contributed by atoms with van der Waals surface area (Å²) in [6, 6.07) is 35.8. The minimum atomic E-state index is -4.20. The number of benzene rings is 6. The van der Waals surface area contributed by atoms with Crippen molar-refractivity contribution in [3.05, 3.63) is 235 Å². The number of nitro benzene ring substituents is 3. The highest BCUT2D eigenvalue weighted by molar-refractivity contribution is 7.91. The minimum absolute atomic E-state index is 0.0572. The Morgan fingerprint density at radius 1 is 0.434 bits per heavy atom. The van der Waals surface area contributed by atoms with Gasteiger partial charge in [-0.1, -0.05) is 93.9 Å². The number of H-pyrrole nitrogens is 2. The highest BCUT2D eigenvalue weighted by atomic mass is 35.5. The Hall–Kier alpha value is -8.82. The lowest BCUT2D eigenvalue weighted by molar-refractivity contribution is -0.385. The third-order valence-electron chi connectivity index (χ3n) is 14.0. The number of nitrogens with one attached hydrogen (secondary N) is 2. The average Bonchev–Trinajstić information content (AvgIpc) is 3.55. The highest BCUT2D eigenvalue weighted by Gasteiger charge is 2.30. The molecule has 9 aromatic rings. The van der Waals surface area contributed by atoms with Gasteiger partial charge >= 0.3 is 0 Å². The first-order chi connectivity index (χ1) is 39.5. The molecule has 17 nitrogen and oxygen atoms in total. The van der Waals surface area contributed by atoms with Crippen LogP contribution in [0.2, 0.25) is 20.1 Å². The van der Waals surface area contributed by atoms with Crippen LogP contribution in [0.15, 0.2) is 149 Å². The van der Waals surface area contributed by atoms with E-state index in [0.717, 1.165) is 11.1 Å². The second kappa shape index (κ2) is 21.8. The molecule has 2 N–H and O–H groups in total. The summed E-state index contributed by atoms with van der Waals surface area (Å²) < 4.78 is 56.3. The molecule has 0 amide bonds. The van der Waals surface area contributed by atoms with Crippen LogP contribution < -0.4 is 0 Å². The van der Waals surface area contributed by atoms with Gasteiger partial charge in [-0.3, -0.25) is 30.3 Å². The van der Waals surface area contributed by atoms with E-state index in [1.54, 1.807) is 105 Å². The van der Waals surface area contributed by atoms with Crippen LogP contribution in [0.5, 0.6) is 0 Å². The van der Waals surface area contributed by atoms with E-state index in [1.807, 2.05) is 6.07 Å². The third-order valence-corrected chi connectivity index (χ3v) is 18.5. The first-order valence-electron chi connectivity index (χ1n) is 24.9. The Morgan fingerprint density at radius 2 is 0.807 bits per heavy atom. The van der Waals surface area contributed by atoms with Gasteiger partial charge in [-0.15, -0.1) is 0 Å². The molecule has 414 valence electrons. The number of hydrogen-bond acceptors (Lipinski definition) is 12. The van der Waals surface area contributed by atoms with E-state index in [1.165, 1.54) is 66.7 Å². The van der Waals surface area contributed by atoms with E-state index >= 15 is 0 Å². The first-order valence-corrected chi connectivity index (χ1v) is 29.7. The van der Waals surface area contributed by atoms with E-state index in [-0.39, 0.29) is 64.2 Å². The number of aromatic amines is 2. The molecule has 0 radical (unpaired) electrons. The van der Waals surface area contributed by atoms with Gasteiger partial charge in [0.1, 0.15) is 15.1 Å². The minimum Gasteiger partial charge on any atom is -0.354 e. The molecule has 0 aliphatic carbocycles. The zero-order valence-electron chi connectivity index (χ0n) is 43.1. The quantitative estimate of drug-likeness (QED) is 0.0807. The van der Waals surface area contributed by atoms with E-state index in [9.17, 15) is 47.2 Å². The second-order valence-corrected chi connectivity index (χ2v) is 25.2. The van der Waals surface area contributed by atoms with Crippen LogP contribution >= 0.6 is 46.4 Å². The van der Waals surface area contributed by atoms with E-state index < -0.39 is 57.3 Å². The zero-order chi connectivity index (χ0) is 58.8. The third kappa shape index (κ3) is 10.9. The van der Waals surface area contributed by atoms with Gasteiger partial charge in [-0.05, 0) is 157 Å². The van der Waals surface area contributed by atoms with Gasteiger partial charge in [-0.2, -0.15) is 0 Å². The number of halogens is 4. The van der Waals surface area contributed by atoms with Crippen molar-refractivity contribution in [1.29, 1.82) is 0 Å². The maximum absolute atomic E-state index is 14.1. The summed E-state index contributed by atoms with van der Waals surface area (Å²) in [6.45, 7) is 3.59. The van der Waals surface area contributed by atoms with Gasteiger partial charge in [0.05, 0.1) is 58.8 Å². The predicted octanol–water partition coefficient (Wildman–Crippen LogP) is 16.2. The summed E-state index contributed by atoms with van der Waals surface area (Å²) in [4.78, 5) is 52.8. The van der Waals surface area contributed by atoms with Crippen molar-refractivity contribution < 1.29 is 31.6 Å². The van der Waals surface area contributed by atoms with Gasteiger partial charge in [0, 0.05) is 66.5 Å². The molecule has 83 heavy (non-hydrogen) atoms. The molecule has 0 saturated heterocycles. The number of rotatable bonds is 13. The van der Waals surface area contributed by atoms with Crippen LogP contribution in [0.4, 0.5) is 17.1 Å². The molecule has 11 rings (SSSR count). The van der Waals surface area contributed by atoms with E-state index in [2.05, 4.69) is 9.97 Å². The van der Waals surface area contributed by atoms with Crippen molar-refractivity contribution in [2.24, 2.45) is 0 Å². The number of hydrogen-bond donors (Lipinski definition) is 2. The van der Waals surface area contributed by atoms with Crippen molar-refractivity contribution in [1.82, 2.24) is 19.9 Å². The maximum Gasteiger partial charge on any atom is 0.292 e. The normalized spacial score (nSPS) is 12.2. The van der Waals surface area contributed by atoms with Crippen LogP contribution in [0.1, 0.15) is 45.0 Å². The lowest BCUT2D eigenvalue weighted by Gasteiger charge is -2.11. The molecule has 23 heteroatoms. The van der Waals surface area contributed by atoms with Crippen LogP contribution in [0, 0.1) is 44.2 Å². The molecule has 2 aliphatic heterocycles. The molecule has 0 spiro atoms. The Labute approximate surface area is 492 Å². The van der Waals surface area contributed by atoms with Crippen LogP contribution in [0.3, 0.4) is 0 Å². The largest absolute Gasteiger partial charge is 0.354 e. The van der Waals surface area contributed by atoms with Gasteiger partial charge in [0.2, 0.25) is 0 Å². The standard InChI is InChI=1S/C60H39Cl4N7O10S2/c1-32-6-11-41(12-7-32)82(78,79)30-38-24-36(28-44(63)59(38)70(74)75)57-50-19-15-46(65-50)55(34-4-3-5-40(61)26-34)47-16-20-51(66-47)58(37-25-39(60(71(76)77)45(64)29-37)31-83(80,81)42-13-8-33(2)9-14-42)53-22-18-49(68-53)56(48-17-21-52(57)67-48)35-10-23-54(69(72)73)43(62)27-35/h3-29,65,68H,30-31H2,1-2H3. The fourth-order valence-corrected chi connectivity index (χ4v) is 13.9. The SMILES string of the molecule is Cc1ccc(S(=O)(=O)Cc2cc(-c3c4nc(c(-c5ccc([N+](=O)[O-])c(Cl)c5)c5ccc([nH]5)c(-c5cc(Cl)c([N+](=O)[O-])c(CS(=O)(=O)c6ccc(C)cc6)c5)c5nc(c(-c6cccc(Cl)c6)c6ccc3[nH]6)C=C5)C=C4)cc(Cl)c2[N+](=O)[O-])cc1. The lowest BCUT2D eigenvalue weighted by Crippen LogP contribution is -2.08. The summed E-state index contributed by atoms with van der Waals surface area (Å²) in [5.41, 5.74) is 5.29. The fraction of sp³-hybridized carbons (Fsp3) is 0.0667. The first kappa shape index (κ1) is 56.1. The summed E-state index contributed by atoms with van der Waals surface area (Å²) in [6.07, 6.45) is 6.80. The second-order valence-electron chi connectivity index (χ2n) is 19.5. The Balaban J connectivity index is 1.25. The topological polar surface area (TPSA) is 255 Å². The molecule has 0 fully saturated rings. The molecule has 0 saturated carbocycles.